The number of esters is 1. The van der Waals surface area contributed by atoms with Crippen LogP contribution in [0.3, 0.4) is 0 Å². The van der Waals surface area contributed by atoms with E-state index in [0.717, 1.165) is 0 Å². The summed E-state index contributed by atoms with van der Waals surface area (Å²) in [5.74, 6) is -2.14. The van der Waals surface area contributed by atoms with E-state index < -0.39 is 23.3 Å². The zero-order valence-corrected chi connectivity index (χ0v) is 8.87. The molecule has 0 aliphatic rings. The predicted octanol–water partition coefficient (Wildman–Crippen LogP) is 1.28. The highest BCUT2D eigenvalue weighted by Crippen LogP contribution is 2.23. The number of aryl methyl sites for hydroxylation is 1. The Morgan fingerprint density at radius 3 is 2.59 bits per heavy atom. The summed E-state index contributed by atoms with van der Waals surface area (Å²) in [6, 6.07) is 3.74. The van der Waals surface area contributed by atoms with Gasteiger partial charge in [0, 0.05) is 11.6 Å². The van der Waals surface area contributed by atoms with E-state index in [9.17, 15) is 19.7 Å². The number of carbonyl (C=O) groups is 2. The third kappa shape index (κ3) is 3.56. The average molecular weight is 239 g/mol. The van der Waals surface area contributed by atoms with Crippen molar-refractivity contribution >= 4 is 17.6 Å². The Morgan fingerprint density at radius 1 is 1.47 bits per heavy atom. The molecule has 0 saturated carbocycles. The van der Waals surface area contributed by atoms with Crippen molar-refractivity contribution in [2.24, 2.45) is 0 Å². The Bertz CT molecular complexity index is 482. The van der Waals surface area contributed by atoms with Crippen molar-refractivity contribution in [1.29, 1.82) is 0 Å². The van der Waals surface area contributed by atoms with Crippen LogP contribution in [0.25, 0.3) is 0 Å². The van der Waals surface area contributed by atoms with Crippen molar-refractivity contribution in [3.8, 4) is 5.75 Å². The van der Waals surface area contributed by atoms with Crippen molar-refractivity contribution in [2.45, 2.75) is 13.3 Å². The molecule has 0 bridgehead atoms. The van der Waals surface area contributed by atoms with Crippen LogP contribution >= 0.6 is 0 Å². The molecule has 0 spiro atoms. The largest absolute Gasteiger partial charge is 0.481 e. The standard InChI is InChI=1S/C10H9NO6/c1-6-4-7(2-3-8(6)11(15)16)17-10(14)5-9(12)13/h2-4H,5H2,1H3,(H,12,13). The maximum absolute atomic E-state index is 11.0. The first-order valence-electron chi connectivity index (χ1n) is 4.57. The Kier molecular flexibility index (Phi) is 3.76. The van der Waals surface area contributed by atoms with Gasteiger partial charge in [0.05, 0.1) is 4.92 Å². The molecule has 1 N–H and O–H groups in total. The number of nitrogens with zero attached hydrogens (tertiary/aromatic N) is 1. The minimum atomic E-state index is -1.30. The summed E-state index contributed by atoms with van der Waals surface area (Å²) in [5, 5.41) is 18.9. The highest BCUT2D eigenvalue weighted by Gasteiger charge is 2.14. The molecule has 7 heteroatoms. The number of carboxylic acids is 1. The number of aliphatic carboxylic acids is 1. The van der Waals surface area contributed by atoms with Gasteiger partial charge in [-0.15, -0.1) is 0 Å². The lowest BCUT2D eigenvalue weighted by Gasteiger charge is -2.03. The zero-order chi connectivity index (χ0) is 13.0. The van der Waals surface area contributed by atoms with Crippen LogP contribution in [-0.4, -0.2) is 22.0 Å². The van der Waals surface area contributed by atoms with Crippen LogP contribution in [0.4, 0.5) is 5.69 Å². The van der Waals surface area contributed by atoms with Crippen molar-refractivity contribution < 1.29 is 24.4 Å². The maximum atomic E-state index is 11.0. The number of hydrogen-bond donors (Lipinski definition) is 1. The van der Waals surface area contributed by atoms with E-state index in [1.807, 2.05) is 0 Å². The van der Waals surface area contributed by atoms with Crippen molar-refractivity contribution in [3.63, 3.8) is 0 Å². The van der Waals surface area contributed by atoms with Crippen LogP contribution in [0.15, 0.2) is 18.2 Å². The minimum Gasteiger partial charge on any atom is -0.481 e. The molecule has 0 heterocycles. The second-order valence-corrected chi connectivity index (χ2v) is 3.25. The number of nitro benzene ring substituents is 1. The van der Waals surface area contributed by atoms with Gasteiger partial charge < -0.3 is 9.84 Å². The first-order chi connectivity index (χ1) is 7.90. The van der Waals surface area contributed by atoms with Gasteiger partial charge in [0.1, 0.15) is 12.2 Å². The summed E-state index contributed by atoms with van der Waals surface area (Å²) in [6.07, 6.45) is -0.754. The van der Waals surface area contributed by atoms with Gasteiger partial charge >= 0.3 is 11.9 Å². The molecule has 1 rings (SSSR count). The third-order valence-corrected chi connectivity index (χ3v) is 1.89. The second kappa shape index (κ2) is 5.06. The van der Waals surface area contributed by atoms with Crippen LogP contribution in [0.5, 0.6) is 5.75 Å². The third-order valence-electron chi connectivity index (χ3n) is 1.89. The second-order valence-electron chi connectivity index (χ2n) is 3.25. The molecule has 0 amide bonds. The van der Waals surface area contributed by atoms with Gasteiger partial charge in [-0.2, -0.15) is 0 Å². The molecule has 0 atom stereocenters. The van der Waals surface area contributed by atoms with E-state index in [4.69, 9.17) is 9.84 Å². The monoisotopic (exact) mass is 239 g/mol. The lowest BCUT2D eigenvalue weighted by Crippen LogP contribution is -2.13. The molecule has 17 heavy (non-hydrogen) atoms. The molecular weight excluding hydrogens is 230 g/mol. The summed E-state index contributed by atoms with van der Waals surface area (Å²) >= 11 is 0. The predicted molar refractivity (Wildman–Crippen MR) is 55.7 cm³/mol. The van der Waals surface area contributed by atoms with Gasteiger partial charge in [0.2, 0.25) is 0 Å². The molecule has 1 aromatic rings. The molecule has 1 aromatic carbocycles. The highest BCUT2D eigenvalue weighted by atomic mass is 16.6. The number of benzene rings is 1. The Labute approximate surface area is 95.8 Å². The van der Waals surface area contributed by atoms with Gasteiger partial charge in [-0.25, -0.2) is 0 Å². The van der Waals surface area contributed by atoms with Gasteiger partial charge in [-0.05, 0) is 19.1 Å². The Hall–Kier alpha value is -2.44. The lowest BCUT2D eigenvalue weighted by molar-refractivity contribution is -0.385. The molecular formula is C10H9NO6. The SMILES string of the molecule is Cc1cc(OC(=O)CC(=O)O)ccc1[N+](=O)[O-]. The number of ether oxygens (including phenoxy) is 1. The topological polar surface area (TPSA) is 107 Å². The molecule has 0 fully saturated rings. The molecule has 0 radical (unpaired) electrons. The van der Waals surface area contributed by atoms with Gasteiger partial charge in [0.15, 0.2) is 0 Å². The van der Waals surface area contributed by atoms with Crippen LogP contribution in [0, 0.1) is 17.0 Å². The fourth-order valence-electron chi connectivity index (χ4n) is 1.19. The summed E-state index contributed by atoms with van der Waals surface area (Å²) in [6.45, 7) is 1.49. The molecule has 90 valence electrons. The van der Waals surface area contributed by atoms with E-state index in [2.05, 4.69) is 0 Å². The van der Waals surface area contributed by atoms with Crippen molar-refractivity contribution in [3.05, 3.63) is 33.9 Å². The molecule has 0 aliphatic carbocycles. The lowest BCUT2D eigenvalue weighted by atomic mass is 10.2. The smallest absolute Gasteiger partial charge is 0.322 e. The number of hydrogen-bond acceptors (Lipinski definition) is 5. The van der Waals surface area contributed by atoms with Crippen LogP contribution in [0.2, 0.25) is 0 Å². The fourth-order valence-corrected chi connectivity index (χ4v) is 1.19. The van der Waals surface area contributed by atoms with Crippen molar-refractivity contribution in [2.75, 3.05) is 0 Å². The molecule has 0 aliphatic heterocycles. The molecule has 0 saturated heterocycles. The van der Waals surface area contributed by atoms with Gasteiger partial charge in [-0.1, -0.05) is 0 Å². The van der Waals surface area contributed by atoms with E-state index in [0.29, 0.717) is 5.56 Å². The van der Waals surface area contributed by atoms with E-state index in [1.165, 1.54) is 25.1 Å². The Morgan fingerprint density at radius 2 is 2.12 bits per heavy atom. The number of rotatable bonds is 4. The van der Waals surface area contributed by atoms with Crippen molar-refractivity contribution in [1.82, 2.24) is 0 Å². The Balaban J connectivity index is 2.81. The average Bonchev–Trinajstić information content (AvgIpc) is 2.15. The molecule has 7 nitrogen and oxygen atoms in total. The molecule has 0 unspecified atom stereocenters. The van der Waals surface area contributed by atoms with Gasteiger partial charge in [-0.3, -0.25) is 19.7 Å². The first kappa shape index (κ1) is 12.6. The summed E-state index contributed by atoms with van der Waals surface area (Å²) in [5.41, 5.74) is 0.235. The van der Waals surface area contributed by atoms with E-state index in [1.54, 1.807) is 0 Å². The van der Waals surface area contributed by atoms with E-state index >= 15 is 0 Å². The van der Waals surface area contributed by atoms with Crippen LogP contribution < -0.4 is 4.74 Å². The van der Waals surface area contributed by atoms with Gasteiger partial charge in [0.25, 0.3) is 5.69 Å². The van der Waals surface area contributed by atoms with Crippen LogP contribution in [0.1, 0.15) is 12.0 Å². The number of carbonyl (C=O) groups excluding carboxylic acids is 1. The number of nitro groups is 1. The highest BCUT2D eigenvalue weighted by molar-refractivity contribution is 5.91. The fraction of sp³-hybridized carbons (Fsp3) is 0.200. The van der Waals surface area contributed by atoms with Crippen LogP contribution in [-0.2, 0) is 9.59 Å². The minimum absolute atomic E-state index is 0.0827. The quantitative estimate of drug-likeness (QED) is 0.279. The summed E-state index contributed by atoms with van der Waals surface area (Å²) < 4.78 is 4.70. The number of carboxylic acid groups (broad SMARTS) is 1. The first-order valence-corrected chi connectivity index (χ1v) is 4.57. The normalized spacial score (nSPS) is 9.71. The maximum Gasteiger partial charge on any atom is 0.322 e. The summed E-state index contributed by atoms with van der Waals surface area (Å²) in [4.78, 5) is 31.2. The zero-order valence-electron chi connectivity index (χ0n) is 8.87. The van der Waals surface area contributed by atoms with E-state index in [-0.39, 0.29) is 11.4 Å². The molecule has 0 aromatic heterocycles. The summed E-state index contributed by atoms with van der Waals surface area (Å²) in [7, 11) is 0.